The van der Waals surface area contributed by atoms with Crippen LogP contribution in [0.4, 0.5) is 4.79 Å². The van der Waals surface area contributed by atoms with Crippen LogP contribution in [0.5, 0.6) is 0 Å². The average molecular weight is 277 g/mol. The molecule has 0 radical (unpaired) electrons. The summed E-state index contributed by atoms with van der Waals surface area (Å²) in [6.07, 6.45) is -0.546. The van der Waals surface area contributed by atoms with Crippen molar-refractivity contribution in [1.29, 1.82) is 0 Å². The van der Waals surface area contributed by atoms with Crippen molar-refractivity contribution in [3.8, 4) is 0 Å². The van der Waals surface area contributed by atoms with E-state index in [1.165, 1.54) is 0 Å². The van der Waals surface area contributed by atoms with Gasteiger partial charge in [-0.2, -0.15) is 0 Å². The van der Waals surface area contributed by atoms with Crippen LogP contribution in [0.1, 0.15) is 0 Å². The zero-order valence-corrected chi connectivity index (χ0v) is 11.5. The van der Waals surface area contributed by atoms with Gasteiger partial charge in [-0.1, -0.05) is 0 Å². The van der Waals surface area contributed by atoms with Gasteiger partial charge in [-0.05, 0) is 0 Å². The van der Waals surface area contributed by atoms with Crippen LogP contribution in [-0.4, -0.2) is 71.7 Å². The third-order valence-electron chi connectivity index (χ3n) is 2.12. The van der Waals surface area contributed by atoms with E-state index in [4.69, 9.17) is 11.5 Å². The molecule has 0 aromatic carbocycles. The molecule has 1 rings (SSSR count). The Hall–Kier alpha value is -0.930. The normalized spacial score (nSPS) is 13.5. The number of rotatable bonds is 10. The summed E-state index contributed by atoms with van der Waals surface area (Å²) in [5, 5.41) is 9.71. The second-order valence-electron chi connectivity index (χ2n) is 3.77. The van der Waals surface area contributed by atoms with Crippen molar-refractivity contribution in [3.05, 3.63) is 0 Å². The number of hydrogen-bond donors (Lipinski definition) is 5. The first-order valence-electron chi connectivity index (χ1n) is 6.63. The molecule has 0 aromatic rings. The smallest absolute Gasteiger partial charge is 0.431 e. The molecule has 0 aliphatic carbocycles. The third-order valence-corrected chi connectivity index (χ3v) is 2.12. The molecule has 8 nitrogen and oxygen atoms in total. The van der Waals surface area contributed by atoms with Crippen LogP contribution in [0.25, 0.3) is 0 Å². The molecule has 0 aromatic heterocycles. The summed E-state index contributed by atoms with van der Waals surface area (Å²) in [5.74, 6) is 0. The fourth-order valence-electron chi connectivity index (χ4n) is 1.22. The Balaban J connectivity index is 0.000000443. The molecule has 0 atom stereocenters. The monoisotopic (exact) mass is 277 g/mol. The molecule has 0 unspecified atom stereocenters. The van der Waals surface area contributed by atoms with Gasteiger partial charge in [-0.15, -0.1) is 0 Å². The maximum atomic E-state index is 9.80. The van der Waals surface area contributed by atoms with Crippen molar-refractivity contribution in [2.24, 2.45) is 11.5 Å². The highest BCUT2D eigenvalue weighted by Gasteiger charge is 2.09. The minimum atomic E-state index is -0.546. The zero-order chi connectivity index (χ0) is 14.2. The lowest BCUT2D eigenvalue weighted by molar-refractivity contribution is 0.131. The van der Waals surface area contributed by atoms with Gasteiger partial charge in [0.25, 0.3) is 0 Å². The van der Waals surface area contributed by atoms with Gasteiger partial charge in [-0.25, -0.2) is 4.79 Å². The van der Waals surface area contributed by atoms with Crippen molar-refractivity contribution in [1.82, 2.24) is 16.0 Å². The van der Waals surface area contributed by atoms with E-state index < -0.39 is 6.16 Å². The lowest BCUT2D eigenvalue weighted by Crippen LogP contribution is -2.35. The number of nitrogens with one attached hydrogen (secondary N) is 3. The summed E-state index contributed by atoms with van der Waals surface area (Å²) in [4.78, 5) is 9.80. The first kappa shape index (κ1) is 18.1. The second kappa shape index (κ2) is 15.1. The molecule has 114 valence electrons. The molecule has 0 saturated carbocycles. The second-order valence-corrected chi connectivity index (χ2v) is 3.77. The molecule has 0 amide bonds. The minimum absolute atomic E-state index is 0.416. The van der Waals surface area contributed by atoms with E-state index in [0.717, 1.165) is 39.3 Å². The highest BCUT2D eigenvalue weighted by Crippen LogP contribution is 1.92. The van der Waals surface area contributed by atoms with Crippen LogP contribution in [0.15, 0.2) is 0 Å². The van der Waals surface area contributed by atoms with Crippen LogP contribution in [0, 0.1) is 0 Å². The Morgan fingerprint density at radius 3 is 1.42 bits per heavy atom. The Morgan fingerprint density at radius 2 is 1.16 bits per heavy atom. The quantitative estimate of drug-likeness (QED) is 0.226. The molecule has 7 N–H and O–H groups in total. The molecule has 8 heteroatoms. The van der Waals surface area contributed by atoms with Crippen molar-refractivity contribution < 1.29 is 14.3 Å². The number of carbonyl (C=O) groups is 1. The Morgan fingerprint density at radius 1 is 0.789 bits per heavy atom. The van der Waals surface area contributed by atoms with Gasteiger partial charge in [0.2, 0.25) is 0 Å². The standard InChI is InChI=1S/C8H23N5.C3H4O3/c9-1-3-11-5-7-13-8-6-12-4-2-10;4-3-5-1-2-6-3/h11-13H,1-10H2;1-2H2. The lowest BCUT2D eigenvalue weighted by Gasteiger charge is -2.06. The summed E-state index contributed by atoms with van der Waals surface area (Å²) >= 11 is 0. The van der Waals surface area contributed by atoms with Gasteiger partial charge < -0.3 is 36.9 Å². The topological polar surface area (TPSA) is 124 Å². The molecule has 1 aliphatic heterocycles. The van der Waals surface area contributed by atoms with Gasteiger partial charge in [0.15, 0.2) is 0 Å². The van der Waals surface area contributed by atoms with Crippen molar-refractivity contribution in [2.45, 2.75) is 0 Å². The first-order valence-corrected chi connectivity index (χ1v) is 6.63. The average Bonchev–Trinajstić information content (AvgIpc) is 2.89. The van der Waals surface area contributed by atoms with Crippen molar-refractivity contribution in [2.75, 3.05) is 65.6 Å². The van der Waals surface area contributed by atoms with Gasteiger partial charge in [0.05, 0.1) is 0 Å². The molecule has 0 bridgehead atoms. The van der Waals surface area contributed by atoms with Gasteiger partial charge in [0.1, 0.15) is 13.2 Å². The first-order chi connectivity index (χ1) is 9.31. The van der Waals surface area contributed by atoms with Crippen LogP contribution >= 0.6 is 0 Å². The zero-order valence-electron chi connectivity index (χ0n) is 11.5. The van der Waals surface area contributed by atoms with Crippen molar-refractivity contribution >= 4 is 6.16 Å². The van der Waals surface area contributed by atoms with E-state index in [-0.39, 0.29) is 0 Å². The molecule has 1 aliphatic rings. The fraction of sp³-hybridized carbons (Fsp3) is 0.909. The largest absolute Gasteiger partial charge is 0.508 e. The maximum absolute atomic E-state index is 9.80. The predicted molar refractivity (Wildman–Crippen MR) is 74.0 cm³/mol. The van der Waals surface area contributed by atoms with Crippen LogP contribution in [0.2, 0.25) is 0 Å². The summed E-state index contributed by atoms with van der Waals surface area (Å²) < 4.78 is 8.58. The third kappa shape index (κ3) is 15.0. The number of cyclic esters (lactones) is 2. The van der Waals surface area contributed by atoms with E-state index in [0.29, 0.717) is 26.3 Å². The Bertz CT molecular complexity index is 189. The van der Waals surface area contributed by atoms with Crippen molar-refractivity contribution in [3.63, 3.8) is 0 Å². The van der Waals surface area contributed by atoms with E-state index in [9.17, 15) is 4.79 Å². The Labute approximate surface area is 114 Å². The summed E-state index contributed by atoms with van der Waals surface area (Å²) in [7, 11) is 0. The molecule has 19 heavy (non-hydrogen) atoms. The van der Waals surface area contributed by atoms with Crippen LogP contribution in [-0.2, 0) is 9.47 Å². The van der Waals surface area contributed by atoms with E-state index in [1.807, 2.05) is 0 Å². The van der Waals surface area contributed by atoms with Crippen LogP contribution < -0.4 is 27.4 Å². The minimum Gasteiger partial charge on any atom is -0.431 e. The number of hydrogen-bond acceptors (Lipinski definition) is 8. The van der Waals surface area contributed by atoms with Gasteiger partial charge in [-0.3, -0.25) is 0 Å². The van der Waals surface area contributed by atoms with E-state index in [1.54, 1.807) is 0 Å². The molecule has 1 saturated heterocycles. The van der Waals surface area contributed by atoms with Gasteiger partial charge >= 0.3 is 6.16 Å². The number of nitrogens with two attached hydrogens (primary N) is 2. The van der Waals surface area contributed by atoms with Crippen LogP contribution in [0.3, 0.4) is 0 Å². The SMILES string of the molecule is NCCNCCNCCNCCN.O=C1OCCO1. The molecule has 0 spiro atoms. The fourth-order valence-corrected chi connectivity index (χ4v) is 1.22. The Kier molecular flexibility index (Phi) is 14.4. The molecule has 1 heterocycles. The summed E-state index contributed by atoms with van der Waals surface area (Å²) in [6.45, 7) is 7.98. The summed E-state index contributed by atoms with van der Waals surface area (Å²) in [5.41, 5.74) is 10.6. The molecular formula is C11H27N5O3. The lowest BCUT2D eigenvalue weighted by atomic mass is 10.5. The molecular weight excluding hydrogens is 250 g/mol. The summed E-state index contributed by atoms with van der Waals surface area (Å²) in [6, 6.07) is 0. The van der Waals surface area contributed by atoms with E-state index >= 15 is 0 Å². The maximum Gasteiger partial charge on any atom is 0.508 e. The molecule has 1 fully saturated rings. The highest BCUT2D eigenvalue weighted by molar-refractivity contribution is 5.61. The number of carbonyl (C=O) groups excluding carboxylic acids is 1. The van der Waals surface area contributed by atoms with E-state index in [2.05, 4.69) is 25.4 Å². The number of ether oxygens (including phenoxy) is 2. The predicted octanol–water partition coefficient (Wildman–Crippen LogP) is -2.17. The highest BCUT2D eigenvalue weighted by atomic mass is 16.8. The van der Waals surface area contributed by atoms with Gasteiger partial charge in [0, 0.05) is 52.4 Å².